The molecule has 0 amide bonds. The molecule has 1 aromatic rings. The molecule has 0 aliphatic rings. The quantitative estimate of drug-likeness (QED) is 0.814. The molecule has 0 fully saturated rings. The van der Waals surface area contributed by atoms with Gasteiger partial charge in [0.25, 0.3) is 0 Å². The molecule has 0 atom stereocenters. The van der Waals surface area contributed by atoms with Crippen LogP contribution in [0.5, 0.6) is 0 Å². The maximum atomic E-state index is 5.61. The van der Waals surface area contributed by atoms with Crippen LogP contribution < -0.4 is 5.73 Å². The van der Waals surface area contributed by atoms with Crippen molar-refractivity contribution in [3.05, 3.63) is 34.9 Å². The monoisotopic (exact) mass is 221 g/mol. The summed E-state index contributed by atoms with van der Waals surface area (Å²) in [5, 5.41) is 0. The number of rotatable bonds is 4. The standard InChI is InChI=1S/C12H19N.C3H8/c1-3-5-12-8-10(9-13)6-7-11(12)4-2;1-3-2/h6-8H,3-5,9,13H2,1-2H3;3H2,1-2H3. The molecule has 0 radical (unpaired) electrons. The van der Waals surface area contributed by atoms with E-state index in [9.17, 15) is 0 Å². The number of hydrogen-bond acceptors (Lipinski definition) is 1. The molecule has 1 heteroatoms. The molecule has 0 aliphatic heterocycles. The van der Waals surface area contributed by atoms with Crippen molar-refractivity contribution in [1.82, 2.24) is 0 Å². The minimum absolute atomic E-state index is 0.653. The van der Waals surface area contributed by atoms with Crippen LogP contribution in [0.3, 0.4) is 0 Å². The number of hydrogen-bond donors (Lipinski definition) is 1. The van der Waals surface area contributed by atoms with Crippen molar-refractivity contribution in [2.75, 3.05) is 0 Å². The van der Waals surface area contributed by atoms with Gasteiger partial charge in [0.2, 0.25) is 0 Å². The second-order valence-electron chi connectivity index (χ2n) is 4.12. The Morgan fingerprint density at radius 1 is 1.00 bits per heavy atom. The Morgan fingerprint density at radius 2 is 1.62 bits per heavy atom. The summed E-state index contributed by atoms with van der Waals surface area (Å²) in [5.74, 6) is 0. The van der Waals surface area contributed by atoms with Gasteiger partial charge in [-0.25, -0.2) is 0 Å². The van der Waals surface area contributed by atoms with Crippen LogP contribution in [0.15, 0.2) is 18.2 Å². The molecule has 0 aliphatic carbocycles. The molecule has 1 rings (SSSR count). The van der Waals surface area contributed by atoms with Crippen molar-refractivity contribution < 1.29 is 0 Å². The molecular formula is C15H27N. The third-order valence-corrected chi connectivity index (χ3v) is 2.41. The summed E-state index contributed by atoms with van der Waals surface area (Å²) in [6.45, 7) is 9.33. The van der Waals surface area contributed by atoms with E-state index in [1.54, 1.807) is 0 Å². The predicted octanol–water partition coefficient (Wildman–Crippen LogP) is 4.08. The lowest BCUT2D eigenvalue weighted by Gasteiger charge is -2.08. The SMILES string of the molecule is CCC.CCCc1cc(CN)ccc1CC. The van der Waals surface area contributed by atoms with Crippen LogP contribution in [0.1, 0.15) is 57.2 Å². The van der Waals surface area contributed by atoms with E-state index in [1.807, 2.05) is 0 Å². The molecule has 0 saturated carbocycles. The van der Waals surface area contributed by atoms with Gasteiger partial charge in [-0.05, 0) is 29.5 Å². The van der Waals surface area contributed by atoms with Gasteiger partial charge < -0.3 is 5.73 Å². The molecule has 0 aromatic heterocycles. The minimum Gasteiger partial charge on any atom is -0.326 e. The van der Waals surface area contributed by atoms with Gasteiger partial charge >= 0.3 is 0 Å². The fourth-order valence-corrected chi connectivity index (χ4v) is 1.65. The van der Waals surface area contributed by atoms with E-state index >= 15 is 0 Å². The van der Waals surface area contributed by atoms with Crippen molar-refractivity contribution in [2.45, 2.75) is 59.9 Å². The predicted molar refractivity (Wildman–Crippen MR) is 73.7 cm³/mol. The fraction of sp³-hybridized carbons (Fsp3) is 0.600. The zero-order chi connectivity index (χ0) is 12.4. The van der Waals surface area contributed by atoms with Crippen molar-refractivity contribution in [2.24, 2.45) is 5.73 Å². The maximum Gasteiger partial charge on any atom is 0.0178 e. The normalized spacial score (nSPS) is 9.56. The third kappa shape index (κ3) is 5.32. The van der Waals surface area contributed by atoms with Crippen LogP contribution in [-0.2, 0) is 19.4 Å². The Balaban J connectivity index is 0.000000673. The second-order valence-corrected chi connectivity index (χ2v) is 4.12. The zero-order valence-corrected chi connectivity index (χ0v) is 11.3. The first-order chi connectivity index (χ1) is 7.73. The Kier molecular flexibility index (Phi) is 8.93. The first-order valence-corrected chi connectivity index (χ1v) is 6.54. The van der Waals surface area contributed by atoms with Crippen molar-refractivity contribution in [1.29, 1.82) is 0 Å². The van der Waals surface area contributed by atoms with Crippen LogP contribution in [0.4, 0.5) is 0 Å². The summed E-state index contributed by atoms with van der Waals surface area (Å²) in [4.78, 5) is 0. The molecule has 92 valence electrons. The van der Waals surface area contributed by atoms with E-state index in [0.717, 1.165) is 6.42 Å². The highest BCUT2D eigenvalue weighted by Gasteiger charge is 2.00. The van der Waals surface area contributed by atoms with Crippen LogP contribution in [0.2, 0.25) is 0 Å². The topological polar surface area (TPSA) is 26.0 Å². The van der Waals surface area contributed by atoms with Gasteiger partial charge in [0.05, 0.1) is 0 Å². The average molecular weight is 221 g/mol. The highest BCUT2D eigenvalue weighted by atomic mass is 14.5. The summed E-state index contributed by atoms with van der Waals surface area (Å²) in [6.07, 6.45) is 4.76. The Morgan fingerprint density at radius 3 is 2.06 bits per heavy atom. The molecule has 1 nitrogen and oxygen atoms in total. The summed E-state index contributed by atoms with van der Waals surface area (Å²) in [7, 11) is 0. The molecule has 2 N–H and O–H groups in total. The van der Waals surface area contributed by atoms with Crippen LogP contribution in [0, 0.1) is 0 Å². The maximum absolute atomic E-state index is 5.61. The lowest BCUT2D eigenvalue weighted by molar-refractivity contribution is 0.892. The minimum atomic E-state index is 0.653. The highest BCUT2D eigenvalue weighted by molar-refractivity contribution is 5.32. The van der Waals surface area contributed by atoms with Gasteiger partial charge in [-0.1, -0.05) is 58.7 Å². The van der Waals surface area contributed by atoms with Crippen LogP contribution >= 0.6 is 0 Å². The lowest BCUT2D eigenvalue weighted by atomic mass is 9.98. The number of nitrogens with two attached hydrogens (primary N) is 1. The molecule has 16 heavy (non-hydrogen) atoms. The van der Waals surface area contributed by atoms with E-state index in [-0.39, 0.29) is 0 Å². The van der Waals surface area contributed by atoms with Gasteiger partial charge in [-0.15, -0.1) is 0 Å². The van der Waals surface area contributed by atoms with Gasteiger partial charge in [0.15, 0.2) is 0 Å². The van der Waals surface area contributed by atoms with Gasteiger partial charge in [0, 0.05) is 6.54 Å². The molecule has 0 unspecified atom stereocenters. The van der Waals surface area contributed by atoms with E-state index in [0.29, 0.717) is 6.54 Å². The number of benzene rings is 1. The summed E-state index contributed by atoms with van der Waals surface area (Å²) in [5.41, 5.74) is 9.81. The summed E-state index contributed by atoms with van der Waals surface area (Å²) in [6, 6.07) is 6.60. The molecule has 1 aromatic carbocycles. The Hall–Kier alpha value is -0.820. The van der Waals surface area contributed by atoms with Crippen LogP contribution in [-0.4, -0.2) is 0 Å². The first kappa shape index (κ1) is 15.2. The molecule has 0 heterocycles. The highest BCUT2D eigenvalue weighted by Crippen LogP contribution is 2.14. The summed E-state index contributed by atoms with van der Waals surface area (Å²) < 4.78 is 0. The molecular weight excluding hydrogens is 194 g/mol. The van der Waals surface area contributed by atoms with Crippen LogP contribution in [0.25, 0.3) is 0 Å². The van der Waals surface area contributed by atoms with Gasteiger partial charge in [-0.3, -0.25) is 0 Å². The average Bonchev–Trinajstić information content (AvgIpc) is 2.30. The Bertz CT molecular complexity index is 279. The molecule has 0 bridgehead atoms. The van der Waals surface area contributed by atoms with E-state index in [1.165, 1.54) is 36.0 Å². The summed E-state index contributed by atoms with van der Waals surface area (Å²) >= 11 is 0. The fourth-order valence-electron chi connectivity index (χ4n) is 1.65. The van der Waals surface area contributed by atoms with Crippen molar-refractivity contribution in [3.63, 3.8) is 0 Å². The van der Waals surface area contributed by atoms with Gasteiger partial charge in [0.1, 0.15) is 0 Å². The van der Waals surface area contributed by atoms with E-state index < -0.39 is 0 Å². The largest absolute Gasteiger partial charge is 0.326 e. The Labute approximate surface area is 101 Å². The first-order valence-electron chi connectivity index (χ1n) is 6.54. The molecule has 0 saturated heterocycles. The smallest absolute Gasteiger partial charge is 0.0178 e. The van der Waals surface area contributed by atoms with Crippen molar-refractivity contribution >= 4 is 0 Å². The zero-order valence-electron chi connectivity index (χ0n) is 11.3. The third-order valence-electron chi connectivity index (χ3n) is 2.41. The second kappa shape index (κ2) is 9.41. The number of aryl methyl sites for hydroxylation is 2. The lowest BCUT2D eigenvalue weighted by Crippen LogP contribution is -2.00. The van der Waals surface area contributed by atoms with E-state index in [4.69, 9.17) is 5.73 Å². The van der Waals surface area contributed by atoms with E-state index in [2.05, 4.69) is 45.9 Å². The molecule has 0 spiro atoms. The van der Waals surface area contributed by atoms with Gasteiger partial charge in [-0.2, -0.15) is 0 Å². The van der Waals surface area contributed by atoms with Crippen molar-refractivity contribution in [3.8, 4) is 0 Å².